The summed E-state index contributed by atoms with van der Waals surface area (Å²) >= 11 is 6.27. The molecule has 4 rings (SSSR count). The van der Waals surface area contributed by atoms with Crippen LogP contribution in [0.15, 0.2) is 72.8 Å². The Morgan fingerprint density at radius 2 is 1.58 bits per heavy atom. The third-order valence-corrected chi connectivity index (χ3v) is 5.07. The first-order chi connectivity index (χ1) is 12.6. The Hall–Kier alpha value is -2.49. The van der Waals surface area contributed by atoms with Crippen LogP contribution >= 0.6 is 11.6 Å². The highest BCUT2D eigenvalue weighted by Crippen LogP contribution is 2.38. The third-order valence-electron chi connectivity index (χ3n) is 4.83. The van der Waals surface area contributed by atoms with Crippen molar-refractivity contribution in [2.75, 3.05) is 24.3 Å². The number of benzene rings is 3. The molecule has 0 amide bonds. The van der Waals surface area contributed by atoms with Crippen LogP contribution in [-0.2, 0) is 0 Å². The van der Waals surface area contributed by atoms with Crippen molar-refractivity contribution in [3.05, 3.63) is 94.5 Å². The molecule has 3 aromatic carbocycles. The molecular weight excluding hydrogens is 342 g/mol. The molecule has 0 aliphatic carbocycles. The quantitative estimate of drug-likeness (QED) is 0.669. The first-order valence-electron chi connectivity index (χ1n) is 8.76. The Bertz CT molecular complexity index is 891. The van der Waals surface area contributed by atoms with Crippen LogP contribution in [0.5, 0.6) is 0 Å². The van der Waals surface area contributed by atoms with Gasteiger partial charge in [-0.3, -0.25) is 5.32 Å². The fraction of sp³-hybridized carbons (Fsp3) is 0.182. The molecule has 26 heavy (non-hydrogen) atoms. The van der Waals surface area contributed by atoms with E-state index in [1.807, 2.05) is 18.2 Å². The van der Waals surface area contributed by atoms with Crippen molar-refractivity contribution in [1.82, 2.24) is 5.32 Å². The zero-order valence-electron chi connectivity index (χ0n) is 14.9. The summed E-state index contributed by atoms with van der Waals surface area (Å²) in [6, 6.07) is 25.3. The molecule has 1 aliphatic heterocycles. The molecule has 2 atom stereocenters. The normalized spacial score (nSPS) is 18.7. The number of nitrogens with zero attached hydrogens (tertiary/aromatic N) is 1. The fourth-order valence-electron chi connectivity index (χ4n) is 3.42. The lowest BCUT2D eigenvalue weighted by Crippen LogP contribution is -2.37. The molecular formula is C22H22ClN3. The van der Waals surface area contributed by atoms with Gasteiger partial charge in [-0.15, -0.1) is 0 Å². The summed E-state index contributed by atoms with van der Waals surface area (Å²) < 4.78 is 0. The highest BCUT2D eigenvalue weighted by atomic mass is 35.5. The number of rotatable bonds is 3. The summed E-state index contributed by atoms with van der Waals surface area (Å²) in [5.41, 5.74) is 5.91. The Morgan fingerprint density at radius 3 is 2.27 bits per heavy atom. The van der Waals surface area contributed by atoms with E-state index in [1.165, 1.54) is 22.4 Å². The predicted molar refractivity (Wildman–Crippen MR) is 110 cm³/mol. The Kier molecular flexibility index (Phi) is 4.58. The SMILES string of the molecule is CN(C)c1ccc([C@H]2Nc3ccc(Cl)cc3[C@@H](c3ccccc3)N2)cc1. The molecule has 3 nitrogen and oxygen atoms in total. The van der Waals surface area contributed by atoms with E-state index in [-0.39, 0.29) is 12.2 Å². The molecule has 0 radical (unpaired) electrons. The van der Waals surface area contributed by atoms with Crippen LogP contribution in [0.2, 0.25) is 5.02 Å². The van der Waals surface area contributed by atoms with Gasteiger partial charge in [0.15, 0.2) is 0 Å². The lowest BCUT2D eigenvalue weighted by Gasteiger charge is -2.35. The highest BCUT2D eigenvalue weighted by molar-refractivity contribution is 6.30. The Balaban J connectivity index is 1.72. The van der Waals surface area contributed by atoms with E-state index in [4.69, 9.17) is 11.6 Å². The molecule has 3 aromatic rings. The van der Waals surface area contributed by atoms with Gasteiger partial charge in [-0.25, -0.2) is 0 Å². The predicted octanol–water partition coefficient (Wildman–Crippen LogP) is 5.21. The minimum atomic E-state index is 0.0325. The third kappa shape index (κ3) is 3.28. The van der Waals surface area contributed by atoms with Crippen molar-refractivity contribution in [2.24, 2.45) is 0 Å². The highest BCUT2D eigenvalue weighted by Gasteiger charge is 2.27. The van der Waals surface area contributed by atoms with Crippen LogP contribution in [0, 0.1) is 0 Å². The van der Waals surface area contributed by atoms with E-state index < -0.39 is 0 Å². The van der Waals surface area contributed by atoms with Gasteiger partial charge in [0.2, 0.25) is 0 Å². The van der Waals surface area contributed by atoms with E-state index in [0.29, 0.717) is 0 Å². The molecule has 132 valence electrons. The number of halogens is 1. The standard InChI is InChI=1S/C22H22ClN3/c1-26(2)18-11-8-16(9-12-18)22-24-20-13-10-17(23)14-19(20)21(25-22)15-6-4-3-5-7-15/h3-14,21-22,24-25H,1-2H3/t21-,22+/m1/s1. The van der Waals surface area contributed by atoms with Crippen molar-refractivity contribution in [3.8, 4) is 0 Å². The number of hydrogen-bond acceptors (Lipinski definition) is 3. The zero-order valence-corrected chi connectivity index (χ0v) is 15.7. The second-order valence-corrected chi connectivity index (χ2v) is 7.24. The minimum absolute atomic E-state index is 0.0325. The van der Waals surface area contributed by atoms with Crippen molar-refractivity contribution in [1.29, 1.82) is 0 Å². The summed E-state index contributed by atoms with van der Waals surface area (Å²) in [4.78, 5) is 2.11. The molecule has 0 unspecified atom stereocenters. The van der Waals surface area contributed by atoms with Gasteiger partial charge in [-0.1, -0.05) is 54.1 Å². The number of fused-ring (bicyclic) bond motifs is 1. The second-order valence-electron chi connectivity index (χ2n) is 6.81. The lowest BCUT2D eigenvalue weighted by atomic mass is 9.93. The van der Waals surface area contributed by atoms with Crippen LogP contribution in [-0.4, -0.2) is 14.1 Å². The first-order valence-corrected chi connectivity index (χ1v) is 9.14. The van der Waals surface area contributed by atoms with Gasteiger partial charge in [-0.2, -0.15) is 0 Å². The minimum Gasteiger partial charge on any atom is -0.378 e. The molecule has 0 aromatic heterocycles. The summed E-state index contributed by atoms with van der Waals surface area (Å²) in [7, 11) is 4.11. The Morgan fingerprint density at radius 1 is 0.846 bits per heavy atom. The largest absolute Gasteiger partial charge is 0.378 e. The molecule has 4 heteroatoms. The van der Waals surface area contributed by atoms with Gasteiger partial charge in [0.1, 0.15) is 6.17 Å². The van der Waals surface area contributed by atoms with Crippen molar-refractivity contribution < 1.29 is 0 Å². The van der Waals surface area contributed by atoms with Gasteiger partial charge in [0, 0.05) is 30.5 Å². The molecule has 0 saturated heterocycles. The monoisotopic (exact) mass is 363 g/mol. The van der Waals surface area contributed by atoms with E-state index in [2.05, 4.69) is 84.2 Å². The molecule has 0 bridgehead atoms. The summed E-state index contributed by atoms with van der Waals surface area (Å²) in [5, 5.41) is 8.09. The maximum absolute atomic E-state index is 6.27. The van der Waals surface area contributed by atoms with E-state index >= 15 is 0 Å². The average Bonchev–Trinajstić information content (AvgIpc) is 2.68. The zero-order chi connectivity index (χ0) is 18.1. The van der Waals surface area contributed by atoms with E-state index in [0.717, 1.165) is 10.7 Å². The second kappa shape index (κ2) is 7.02. The molecule has 0 spiro atoms. The van der Waals surface area contributed by atoms with Crippen LogP contribution in [0.3, 0.4) is 0 Å². The lowest BCUT2D eigenvalue weighted by molar-refractivity contribution is 0.506. The fourth-order valence-corrected chi connectivity index (χ4v) is 3.60. The summed E-state index contributed by atoms with van der Waals surface area (Å²) in [5.74, 6) is 0. The van der Waals surface area contributed by atoms with Crippen LogP contribution in [0.1, 0.15) is 28.9 Å². The van der Waals surface area contributed by atoms with Gasteiger partial charge < -0.3 is 10.2 Å². The average molecular weight is 364 g/mol. The molecule has 0 saturated carbocycles. The van der Waals surface area contributed by atoms with Gasteiger partial charge in [0.25, 0.3) is 0 Å². The number of nitrogens with one attached hydrogen (secondary N) is 2. The smallest absolute Gasteiger partial charge is 0.104 e. The van der Waals surface area contributed by atoms with Crippen LogP contribution < -0.4 is 15.5 Å². The topological polar surface area (TPSA) is 27.3 Å². The van der Waals surface area contributed by atoms with Crippen LogP contribution in [0.4, 0.5) is 11.4 Å². The molecule has 2 N–H and O–H groups in total. The number of hydrogen-bond donors (Lipinski definition) is 2. The van der Waals surface area contributed by atoms with E-state index in [1.54, 1.807) is 0 Å². The first kappa shape index (κ1) is 17.0. The van der Waals surface area contributed by atoms with E-state index in [9.17, 15) is 0 Å². The molecule has 1 aliphatic rings. The Labute approximate surface area is 159 Å². The molecule has 1 heterocycles. The molecule has 0 fully saturated rings. The van der Waals surface area contributed by atoms with Crippen molar-refractivity contribution >= 4 is 23.0 Å². The maximum Gasteiger partial charge on any atom is 0.104 e. The van der Waals surface area contributed by atoms with Crippen molar-refractivity contribution in [2.45, 2.75) is 12.2 Å². The number of anilines is 2. The van der Waals surface area contributed by atoms with Gasteiger partial charge in [0.05, 0.1) is 6.04 Å². The van der Waals surface area contributed by atoms with Crippen molar-refractivity contribution in [3.63, 3.8) is 0 Å². The van der Waals surface area contributed by atoms with Gasteiger partial charge in [-0.05, 0) is 47.0 Å². The maximum atomic E-state index is 6.27. The summed E-state index contributed by atoms with van der Waals surface area (Å²) in [6.45, 7) is 0. The van der Waals surface area contributed by atoms with Crippen LogP contribution in [0.25, 0.3) is 0 Å². The summed E-state index contributed by atoms with van der Waals surface area (Å²) in [6.07, 6.45) is 0.0325. The van der Waals surface area contributed by atoms with Gasteiger partial charge >= 0.3 is 0 Å².